The topological polar surface area (TPSA) is 397 Å². The number of thiol groups is 1. The number of hydrogen-bond donors (Lipinski definition) is 14. The van der Waals surface area contributed by atoms with E-state index < -0.39 is 89.5 Å². The number of aliphatic carboxylic acids is 1. The molecule has 0 aliphatic heterocycles. The van der Waals surface area contributed by atoms with Crippen molar-refractivity contribution >= 4 is 76.8 Å². The van der Waals surface area contributed by atoms with Crippen LogP contribution < -0.4 is 48.7 Å². The fourth-order valence-electron chi connectivity index (χ4n) is 9.09. The van der Waals surface area contributed by atoms with Gasteiger partial charge in [-0.1, -0.05) is 94.4 Å². The molecule has 0 fully saturated rings. The molecule has 2 aromatic heterocycles. The van der Waals surface area contributed by atoms with Gasteiger partial charge in [-0.2, -0.15) is 17.7 Å². The molecule has 25 nitrogen and oxygen atoms in total. The molecule has 7 atom stereocenters. The number of nitrogens with zero attached hydrogens (tertiary/aromatic N) is 4. The molecule has 6 rings (SSSR count). The zero-order valence-electron chi connectivity index (χ0n) is 47.1. The number of benzene rings is 4. The van der Waals surface area contributed by atoms with E-state index in [2.05, 4.69) is 64.9 Å². The number of fused-ring (bicyclic) bond motifs is 1. The van der Waals surface area contributed by atoms with Crippen LogP contribution in [0.25, 0.3) is 22.3 Å². The van der Waals surface area contributed by atoms with Gasteiger partial charge in [0.05, 0.1) is 5.39 Å². The second kappa shape index (κ2) is 33.3. The fraction of sp³-hybridized carbons (Fsp3) is 0.383. The first-order valence-electron chi connectivity index (χ1n) is 27.7. The highest BCUT2D eigenvalue weighted by atomic mass is 32.1. The number of phenols is 3. The number of unbranched alkanes of at least 4 members (excludes halogenated alkanes) is 1. The molecule has 0 aliphatic carbocycles. The lowest BCUT2D eigenvalue weighted by Crippen LogP contribution is -2.61. The van der Waals surface area contributed by atoms with Crippen molar-refractivity contribution in [3.8, 4) is 28.5 Å². The molecule has 0 aliphatic rings. The van der Waals surface area contributed by atoms with E-state index in [1.54, 1.807) is 13.8 Å². The lowest BCUT2D eigenvalue weighted by atomic mass is 9.96. The normalized spacial score (nSPS) is 13.4. The van der Waals surface area contributed by atoms with E-state index in [1.807, 2.05) is 30.3 Å². The van der Waals surface area contributed by atoms with Gasteiger partial charge in [-0.05, 0) is 91.2 Å². The van der Waals surface area contributed by atoms with Crippen molar-refractivity contribution in [1.82, 2.24) is 57.0 Å². The third kappa shape index (κ3) is 19.9. The zero-order chi connectivity index (χ0) is 61.6. The number of phenolic OH excluding ortho intramolecular Hbond substituents is 3. The van der Waals surface area contributed by atoms with Gasteiger partial charge in [0.15, 0.2) is 5.65 Å². The summed E-state index contributed by atoms with van der Waals surface area (Å²) in [5.74, 6) is -7.10. The molecule has 15 N–H and O–H groups in total. The lowest BCUT2D eigenvalue weighted by molar-refractivity contribution is -0.142. The maximum atomic E-state index is 14.6. The van der Waals surface area contributed by atoms with Gasteiger partial charge in [0, 0.05) is 43.5 Å². The molecule has 7 amide bonds. The van der Waals surface area contributed by atoms with Gasteiger partial charge in [-0.15, -0.1) is 0 Å². The minimum atomic E-state index is -1.47. The number of aromatic hydroxyl groups is 3. The second-order valence-corrected chi connectivity index (χ2v) is 20.8. The fourth-order valence-corrected chi connectivity index (χ4v) is 9.34. The summed E-state index contributed by atoms with van der Waals surface area (Å²) in [7, 11) is 0. The first-order valence-corrected chi connectivity index (χ1v) is 28.4. The number of hydrogen-bond acceptors (Lipinski definition) is 17. The van der Waals surface area contributed by atoms with Crippen molar-refractivity contribution in [2.45, 2.75) is 122 Å². The Morgan fingerprint density at radius 3 is 1.63 bits per heavy atom. The summed E-state index contributed by atoms with van der Waals surface area (Å²) in [6.45, 7) is 3.62. The third-order valence-corrected chi connectivity index (χ3v) is 14.4. The molecule has 0 spiro atoms. The monoisotopic (exact) mass is 1200 g/mol. The van der Waals surface area contributed by atoms with Crippen molar-refractivity contribution in [1.29, 1.82) is 0 Å². The van der Waals surface area contributed by atoms with Crippen LogP contribution in [-0.4, -0.2) is 143 Å². The van der Waals surface area contributed by atoms with Gasteiger partial charge < -0.3 is 69.1 Å². The van der Waals surface area contributed by atoms with Gasteiger partial charge in [-0.25, -0.2) is 19.4 Å². The highest BCUT2D eigenvalue weighted by Gasteiger charge is 2.35. The first-order chi connectivity index (χ1) is 40.8. The van der Waals surface area contributed by atoms with E-state index in [-0.39, 0.29) is 94.4 Å². The lowest BCUT2D eigenvalue weighted by Gasteiger charge is -2.29. The summed E-state index contributed by atoms with van der Waals surface area (Å²) >= 11 is 4.32. The van der Waals surface area contributed by atoms with E-state index in [1.165, 1.54) is 83.8 Å². The number of carboxylic acids is 1. The molecular weight excluding hydrogens is 1130 g/mol. The van der Waals surface area contributed by atoms with Crippen LogP contribution in [0.4, 0.5) is 5.82 Å². The SMILES string of the molecule is C.CCC(C)C(NC(=O)C(CS)NC(=O)CCCNC(=O)Cn1nc(-c2ccccc2)c2c(N)ncnc21)C(=O)NC(Cc1ccc(O)cc1)C(=O)NC(CCCCN)C(=O)NC(Cc1ccc(O)cc1)C(=O)NC(Cc1ccc(O)cc1)C(=O)O. The summed E-state index contributed by atoms with van der Waals surface area (Å²) < 4.78 is 1.42. The number of nitrogens with one attached hydrogen (secondary N) is 7. The van der Waals surface area contributed by atoms with Crippen LogP contribution in [0.15, 0.2) is 109 Å². The Kier molecular flexibility index (Phi) is 26.1. The molecule has 0 bridgehead atoms. The smallest absolute Gasteiger partial charge is 0.326 e. The maximum Gasteiger partial charge on any atom is 0.326 e. The number of nitrogens with two attached hydrogens (primary N) is 2. The minimum absolute atomic E-state index is 0. The Morgan fingerprint density at radius 2 is 1.10 bits per heavy atom. The predicted octanol–water partition coefficient (Wildman–Crippen LogP) is 2.55. The summed E-state index contributed by atoms with van der Waals surface area (Å²) in [5, 5.41) is 63.8. The van der Waals surface area contributed by atoms with Crippen LogP contribution in [0.5, 0.6) is 17.2 Å². The Bertz CT molecular complexity index is 3240. The average Bonchev–Trinajstić information content (AvgIpc) is 3.57. The Hall–Kier alpha value is -9.30. The van der Waals surface area contributed by atoms with Crippen molar-refractivity contribution in [2.24, 2.45) is 11.7 Å². The van der Waals surface area contributed by atoms with Crippen LogP contribution in [0.2, 0.25) is 0 Å². The molecule has 26 heteroatoms. The second-order valence-electron chi connectivity index (χ2n) is 20.4. The molecule has 4 aromatic carbocycles. The van der Waals surface area contributed by atoms with Gasteiger partial charge >= 0.3 is 5.97 Å². The average molecular weight is 1200 g/mol. The van der Waals surface area contributed by atoms with Crippen molar-refractivity contribution in [3.63, 3.8) is 0 Å². The quantitative estimate of drug-likeness (QED) is 0.0213. The summed E-state index contributed by atoms with van der Waals surface area (Å²) in [5.41, 5.74) is 15.1. The number of amides is 7. The Labute approximate surface area is 503 Å². The van der Waals surface area contributed by atoms with Crippen LogP contribution in [-0.2, 0) is 64.2 Å². The van der Waals surface area contributed by atoms with Gasteiger partial charge in [0.25, 0.3) is 0 Å². The van der Waals surface area contributed by atoms with E-state index in [0.717, 1.165) is 5.56 Å². The summed E-state index contributed by atoms with van der Waals surface area (Å²) in [4.78, 5) is 119. The Morgan fingerprint density at radius 1 is 0.605 bits per heavy atom. The first kappa shape index (κ1) is 67.5. The minimum Gasteiger partial charge on any atom is -0.508 e. The van der Waals surface area contributed by atoms with Crippen LogP contribution in [0.3, 0.4) is 0 Å². The van der Waals surface area contributed by atoms with Crippen LogP contribution >= 0.6 is 12.6 Å². The zero-order valence-corrected chi connectivity index (χ0v) is 48.0. The molecule has 7 unspecified atom stereocenters. The number of anilines is 1. The highest BCUT2D eigenvalue weighted by molar-refractivity contribution is 7.80. The summed E-state index contributed by atoms with van der Waals surface area (Å²) in [6.07, 6.45) is 1.97. The van der Waals surface area contributed by atoms with Gasteiger partial charge in [-0.3, -0.25) is 33.6 Å². The largest absolute Gasteiger partial charge is 0.508 e. The summed E-state index contributed by atoms with van der Waals surface area (Å²) in [6, 6.07) is 18.4. The predicted molar refractivity (Wildman–Crippen MR) is 325 cm³/mol. The molecule has 0 saturated carbocycles. The van der Waals surface area contributed by atoms with E-state index in [9.17, 15) is 58.8 Å². The van der Waals surface area contributed by atoms with E-state index >= 15 is 0 Å². The maximum absolute atomic E-state index is 14.6. The van der Waals surface area contributed by atoms with Crippen molar-refractivity contribution in [2.75, 3.05) is 24.6 Å². The van der Waals surface area contributed by atoms with Gasteiger partial charge in [0.1, 0.15) is 77.9 Å². The van der Waals surface area contributed by atoms with Crippen LogP contribution in [0, 0.1) is 5.92 Å². The third-order valence-electron chi connectivity index (χ3n) is 14.0. The van der Waals surface area contributed by atoms with Crippen molar-refractivity contribution < 1.29 is 58.8 Å². The molecule has 2 heterocycles. The standard InChI is InChI=1S/C59H73N13O12S.CH4/c1-3-34(2)50(70-57(81)46(32-85)65-47(76)13-9-27-62-48(77)31-72-53-49(52(61)63-33-64-53)51(71-72)38-10-5-4-6-11-38)58(82)68-44(29-36-16-22-40(74)23-17-36)55(79)66-42(12-7-8-26-60)54(78)67-43(28-35-14-20-39(73)21-15-35)56(80)69-45(59(83)84)30-37-18-24-41(75)25-19-37;/h4-6,10-11,14-25,33-34,42-46,50,73-75,85H,3,7-9,12-13,26-32,60H2,1-2H3,(H,62,77)(H,65,76)(H,66,79)(H,67,78)(H,68,82)(H,69,80)(H,70,81)(H,83,84)(H2,61,63,64);1H4. The van der Waals surface area contributed by atoms with Crippen molar-refractivity contribution in [3.05, 3.63) is 126 Å². The molecule has 460 valence electrons. The molecule has 0 radical (unpaired) electrons. The van der Waals surface area contributed by atoms with E-state index in [0.29, 0.717) is 52.7 Å². The molecule has 0 saturated heterocycles. The number of rotatable bonds is 32. The number of carbonyl (C=O) groups excluding carboxylic acids is 7. The van der Waals surface area contributed by atoms with Gasteiger partial charge in [0.2, 0.25) is 41.4 Å². The number of carboxylic acid groups (broad SMARTS) is 1. The Balaban J connectivity index is 0.0000135. The molecule has 6 aromatic rings. The van der Waals surface area contributed by atoms with Crippen LogP contribution in [0.1, 0.15) is 76.5 Å². The molecule has 86 heavy (non-hydrogen) atoms. The number of carbonyl (C=O) groups is 8. The molecular formula is C60H77N13O12S. The van der Waals surface area contributed by atoms with E-state index in [4.69, 9.17) is 11.5 Å². The highest BCUT2D eigenvalue weighted by Crippen LogP contribution is 2.30. The number of aromatic nitrogens is 4. The number of nitrogen functional groups attached to an aromatic ring is 1.